The molecular formula is C22H28ClNO3. The summed E-state index contributed by atoms with van der Waals surface area (Å²) >= 11 is 5.89. The summed E-state index contributed by atoms with van der Waals surface area (Å²) in [4.78, 5) is 2.26. The minimum Gasteiger partial charge on any atom is -0.491 e. The summed E-state index contributed by atoms with van der Waals surface area (Å²) in [6.07, 6.45) is 1.87. The van der Waals surface area contributed by atoms with Crippen molar-refractivity contribution in [3.63, 3.8) is 0 Å². The summed E-state index contributed by atoms with van der Waals surface area (Å²) < 4.78 is 11.5. The number of aliphatic hydroxyl groups is 1. The summed E-state index contributed by atoms with van der Waals surface area (Å²) in [7, 11) is 0. The smallest absolute Gasteiger partial charge is 0.119 e. The number of rotatable bonds is 9. The molecule has 1 fully saturated rings. The van der Waals surface area contributed by atoms with Gasteiger partial charge >= 0.3 is 0 Å². The van der Waals surface area contributed by atoms with E-state index in [4.69, 9.17) is 21.1 Å². The third kappa shape index (κ3) is 6.82. The average molecular weight is 390 g/mol. The van der Waals surface area contributed by atoms with Crippen LogP contribution in [0.5, 0.6) is 5.75 Å². The van der Waals surface area contributed by atoms with Gasteiger partial charge in [0.05, 0.1) is 6.10 Å². The van der Waals surface area contributed by atoms with Crippen LogP contribution in [0.25, 0.3) is 0 Å². The molecule has 3 rings (SSSR count). The summed E-state index contributed by atoms with van der Waals surface area (Å²) in [5, 5.41) is 11.2. The van der Waals surface area contributed by atoms with Gasteiger partial charge in [-0.25, -0.2) is 0 Å². The summed E-state index contributed by atoms with van der Waals surface area (Å²) in [6, 6.07) is 15.7. The number of hydrogen-bond acceptors (Lipinski definition) is 4. The minimum atomic E-state index is -0.577. The zero-order valence-electron chi connectivity index (χ0n) is 15.8. The Hall–Kier alpha value is -1.59. The van der Waals surface area contributed by atoms with Gasteiger partial charge in [0, 0.05) is 31.3 Å². The molecule has 1 heterocycles. The van der Waals surface area contributed by atoms with Crippen LogP contribution in [0.2, 0.25) is 5.02 Å². The lowest BCUT2D eigenvalue weighted by molar-refractivity contribution is 0.0313. The molecule has 146 valence electrons. The molecule has 1 aliphatic heterocycles. The van der Waals surface area contributed by atoms with Crippen molar-refractivity contribution in [1.29, 1.82) is 0 Å². The minimum absolute atomic E-state index is 0.247. The second-order valence-corrected chi connectivity index (χ2v) is 7.67. The number of halogens is 1. The quantitative estimate of drug-likeness (QED) is 0.702. The van der Waals surface area contributed by atoms with Crippen molar-refractivity contribution in [2.24, 2.45) is 0 Å². The highest BCUT2D eigenvalue weighted by atomic mass is 35.5. The van der Waals surface area contributed by atoms with E-state index in [1.165, 1.54) is 11.1 Å². The number of benzene rings is 2. The Morgan fingerprint density at radius 3 is 2.78 bits per heavy atom. The number of ether oxygens (including phenoxy) is 2. The molecule has 0 spiro atoms. The van der Waals surface area contributed by atoms with Gasteiger partial charge in [0.2, 0.25) is 0 Å². The van der Waals surface area contributed by atoms with Crippen LogP contribution in [0.3, 0.4) is 0 Å². The van der Waals surface area contributed by atoms with E-state index in [1.54, 1.807) is 12.1 Å². The van der Waals surface area contributed by atoms with Crippen LogP contribution in [0.4, 0.5) is 0 Å². The maximum atomic E-state index is 10.5. The zero-order chi connectivity index (χ0) is 19.1. The molecule has 0 radical (unpaired) electrons. The predicted molar refractivity (Wildman–Crippen MR) is 108 cm³/mol. The Kier molecular flexibility index (Phi) is 7.53. The van der Waals surface area contributed by atoms with Gasteiger partial charge in [-0.2, -0.15) is 0 Å². The summed E-state index contributed by atoms with van der Waals surface area (Å²) in [5.41, 5.74) is 2.50. The Labute approximate surface area is 166 Å². The van der Waals surface area contributed by atoms with E-state index in [2.05, 4.69) is 36.1 Å². The van der Waals surface area contributed by atoms with Gasteiger partial charge in [-0.05, 0) is 49.6 Å². The molecule has 4 nitrogen and oxygen atoms in total. The van der Waals surface area contributed by atoms with E-state index < -0.39 is 6.10 Å². The third-order valence-corrected chi connectivity index (χ3v) is 4.95. The topological polar surface area (TPSA) is 41.9 Å². The molecule has 0 saturated carbocycles. The van der Waals surface area contributed by atoms with Crippen LogP contribution in [0, 0.1) is 6.92 Å². The van der Waals surface area contributed by atoms with Gasteiger partial charge in [0.15, 0.2) is 0 Å². The van der Waals surface area contributed by atoms with Crippen molar-refractivity contribution < 1.29 is 14.6 Å². The third-order valence-electron chi connectivity index (χ3n) is 4.70. The lowest BCUT2D eigenvalue weighted by atomic mass is 10.1. The lowest BCUT2D eigenvalue weighted by Crippen LogP contribution is -2.39. The number of hydrogen-bond donors (Lipinski definition) is 1. The molecule has 2 aromatic carbocycles. The van der Waals surface area contributed by atoms with Gasteiger partial charge in [-0.1, -0.05) is 41.4 Å². The van der Waals surface area contributed by atoms with Crippen molar-refractivity contribution >= 4 is 11.6 Å². The van der Waals surface area contributed by atoms with Gasteiger partial charge < -0.3 is 14.6 Å². The van der Waals surface area contributed by atoms with Crippen LogP contribution in [-0.4, -0.2) is 48.5 Å². The number of aliphatic hydroxyl groups excluding tert-OH is 1. The van der Waals surface area contributed by atoms with Crippen LogP contribution < -0.4 is 4.74 Å². The Balaban J connectivity index is 1.56. The molecule has 2 aromatic rings. The van der Waals surface area contributed by atoms with Crippen molar-refractivity contribution in [2.75, 3.05) is 26.3 Å². The SMILES string of the molecule is Cc1cccc(CN(CC(O)COc2ccc(Cl)cc2)CC2CCCO2)c1. The maximum absolute atomic E-state index is 10.5. The van der Waals surface area contributed by atoms with E-state index in [0.29, 0.717) is 17.3 Å². The molecule has 0 amide bonds. The van der Waals surface area contributed by atoms with Gasteiger partial charge in [0.25, 0.3) is 0 Å². The largest absolute Gasteiger partial charge is 0.491 e. The maximum Gasteiger partial charge on any atom is 0.119 e. The van der Waals surface area contributed by atoms with Crippen LogP contribution >= 0.6 is 11.6 Å². The monoisotopic (exact) mass is 389 g/mol. The molecule has 2 unspecified atom stereocenters. The second kappa shape index (κ2) is 10.1. The molecule has 0 aromatic heterocycles. The highest BCUT2D eigenvalue weighted by molar-refractivity contribution is 6.30. The number of nitrogens with zero attached hydrogens (tertiary/aromatic N) is 1. The molecule has 1 saturated heterocycles. The average Bonchev–Trinajstić information content (AvgIpc) is 3.14. The fourth-order valence-electron chi connectivity index (χ4n) is 3.42. The highest BCUT2D eigenvalue weighted by Crippen LogP contribution is 2.18. The lowest BCUT2D eigenvalue weighted by Gasteiger charge is -2.27. The Morgan fingerprint density at radius 2 is 2.07 bits per heavy atom. The molecule has 5 heteroatoms. The standard InChI is InChI=1S/C22H28ClNO3/c1-17-4-2-5-18(12-17)13-24(15-22-6-3-11-26-22)14-20(25)16-27-21-9-7-19(23)8-10-21/h2,4-5,7-10,12,20,22,25H,3,6,11,13-16H2,1H3. The molecule has 27 heavy (non-hydrogen) atoms. The summed E-state index contributed by atoms with van der Waals surface area (Å²) in [5.74, 6) is 0.711. The van der Waals surface area contributed by atoms with Crippen molar-refractivity contribution in [3.05, 3.63) is 64.7 Å². The predicted octanol–water partition coefficient (Wildman–Crippen LogP) is 4.07. The van der Waals surface area contributed by atoms with Gasteiger partial charge in [-0.3, -0.25) is 4.90 Å². The normalized spacial score (nSPS) is 18.0. The first-order chi connectivity index (χ1) is 13.1. The van der Waals surface area contributed by atoms with E-state index in [9.17, 15) is 5.11 Å². The first kappa shape index (κ1) is 20.2. The van der Waals surface area contributed by atoms with Crippen LogP contribution in [0.15, 0.2) is 48.5 Å². The first-order valence-corrected chi connectivity index (χ1v) is 9.92. The van der Waals surface area contributed by atoms with E-state index in [0.717, 1.165) is 32.5 Å². The first-order valence-electron chi connectivity index (χ1n) is 9.54. The molecule has 0 aliphatic carbocycles. The molecule has 0 bridgehead atoms. The Morgan fingerprint density at radius 1 is 1.26 bits per heavy atom. The van der Waals surface area contributed by atoms with Crippen molar-refractivity contribution in [1.82, 2.24) is 4.90 Å². The summed E-state index contributed by atoms with van der Waals surface area (Å²) in [6.45, 7) is 5.35. The fourth-order valence-corrected chi connectivity index (χ4v) is 3.55. The highest BCUT2D eigenvalue weighted by Gasteiger charge is 2.21. The number of aryl methyl sites for hydroxylation is 1. The van der Waals surface area contributed by atoms with Crippen molar-refractivity contribution in [2.45, 2.75) is 38.5 Å². The zero-order valence-corrected chi connectivity index (χ0v) is 16.6. The molecule has 2 atom stereocenters. The van der Waals surface area contributed by atoms with E-state index >= 15 is 0 Å². The van der Waals surface area contributed by atoms with Crippen molar-refractivity contribution in [3.8, 4) is 5.75 Å². The van der Waals surface area contributed by atoms with Gasteiger partial charge in [0.1, 0.15) is 18.5 Å². The van der Waals surface area contributed by atoms with E-state index in [-0.39, 0.29) is 12.7 Å². The van der Waals surface area contributed by atoms with Crippen LogP contribution in [0.1, 0.15) is 24.0 Å². The Bertz CT molecular complexity index is 701. The van der Waals surface area contributed by atoms with Crippen LogP contribution in [-0.2, 0) is 11.3 Å². The van der Waals surface area contributed by atoms with E-state index in [1.807, 2.05) is 12.1 Å². The van der Waals surface area contributed by atoms with Gasteiger partial charge in [-0.15, -0.1) is 0 Å². The molecular weight excluding hydrogens is 362 g/mol. The molecule has 1 aliphatic rings. The second-order valence-electron chi connectivity index (χ2n) is 7.24. The fraction of sp³-hybridized carbons (Fsp3) is 0.455. The molecule has 1 N–H and O–H groups in total.